The van der Waals surface area contributed by atoms with Crippen molar-refractivity contribution in [2.24, 2.45) is 0 Å². The number of hydrogen-bond donors (Lipinski definition) is 1. The molecule has 1 N–H and O–H groups in total. The molecule has 1 aromatic heterocycles. The third-order valence-electron chi connectivity index (χ3n) is 2.72. The second-order valence-electron chi connectivity index (χ2n) is 3.99. The van der Waals surface area contributed by atoms with Crippen molar-refractivity contribution in [3.05, 3.63) is 47.5 Å². The summed E-state index contributed by atoms with van der Waals surface area (Å²) in [6, 6.07) is 12.6. The maximum atomic E-state index is 11.1. The van der Waals surface area contributed by atoms with Gasteiger partial charge in [-0.1, -0.05) is 44.9 Å². The predicted octanol–water partition coefficient (Wildman–Crippen LogP) is 3.63. The van der Waals surface area contributed by atoms with Crippen LogP contribution >= 0.6 is 20.7 Å². The second kappa shape index (κ2) is 4.13. The molecule has 0 fully saturated rings. The van der Waals surface area contributed by atoms with Crippen LogP contribution in [-0.2, 0) is 4.79 Å². The van der Waals surface area contributed by atoms with Crippen molar-refractivity contribution >= 4 is 36.0 Å². The van der Waals surface area contributed by atoms with Gasteiger partial charge in [0.1, 0.15) is 0 Å². The lowest BCUT2D eigenvalue weighted by Gasteiger charge is -1.96. The summed E-state index contributed by atoms with van der Waals surface area (Å²) in [5.74, 6) is 0.0196. The van der Waals surface area contributed by atoms with E-state index in [1.165, 1.54) is 20.5 Å². The fraction of sp³-hybridized carbons (Fsp3) is 0.154. The molecule has 17 heavy (non-hydrogen) atoms. The zero-order valence-corrected chi connectivity index (χ0v) is 10.9. The standard InChI is InChI=1S/C13H11NOS2/c1-8(15)14-13-9-5-3-2-4-6-11-12(17-16-11)7-10(9)13/h2-7,13H,1H3,(H,14,15). The molecule has 1 unspecified atom stereocenters. The summed E-state index contributed by atoms with van der Waals surface area (Å²) in [5.41, 5.74) is 2.46. The van der Waals surface area contributed by atoms with Crippen molar-refractivity contribution in [3.8, 4) is 0 Å². The average Bonchev–Trinajstić information content (AvgIpc) is 2.89. The molecule has 2 nitrogen and oxygen atoms in total. The van der Waals surface area contributed by atoms with E-state index < -0.39 is 0 Å². The minimum Gasteiger partial charge on any atom is -0.345 e. The van der Waals surface area contributed by atoms with E-state index >= 15 is 0 Å². The van der Waals surface area contributed by atoms with Crippen LogP contribution in [0, 0.1) is 0 Å². The Hall–Kier alpha value is -1.39. The van der Waals surface area contributed by atoms with Crippen LogP contribution in [0.5, 0.6) is 0 Å². The molecule has 1 atom stereocenters. The molecule has 3 rings (SSSR count). The maximum Gasteiger partial charge on any atom is 0.217 e. The van der Waals surface area contributed by atoms with Gasteiger partial charge < -0.3 is 5.32 Å². The van der Waals surface area contributed by atoms with Crippen LogP contribution in [0.4, 0.5) is 0 Å². The Morgan fingerprint density at radius 3 is 2.59 bits per heavy atom. The average molecular weight is 261 g/mol. The van der Waals surface area contributed by atoms with E-state index in [1.54, 1.807) is 27.6 Å². The third-order valence-corrected chi connectivity index (χ3v) is 5.31. The minimum atomic E-state index is 0.0196. The van der Waals surface area contributed by atoms with Crippen molar-refractivity contribution < 1.29 is 4.79 Å². The number of nitrogens with one attached hydrogen (secondary N) is 1. The summed E-state index contributed by atoms with van der Waals surface area (Å²) < 4.78 is 2.61. The van der Waals surface area contributed by atoms with Crippen molar-refractivity contribution in [2.45, 2.75) is 13.0 Å². The quantitative estimate of drug-likeness (QED) is 0.780. The number of carbonyl (C=O) groups is 1. The Labute approximate surface area is 107 Å². The topological polar surface area (TPSA) is 29.1 Å². The van der Waals surface area contributed by atoms with Gasteiger partial charge in [0.25, 0.3) is 0 Å². The van der Waals surface area contributed by atoms with E-state index in [4.69, 9.17) is 0 Å². The van der Waals surface area contributed by atoms with Crippen LogP contribution in [0.25, 0.3) is 9.40 Å². The molecule has 0 saturated heterocycles. The van der Waals surface area contributed by atoms with Gasteiger partial charge in [-0.05, 0) is 23.3 Å². The van der Waals surface area contributed by atoms with E-state index in [0.29, 0.717) is 0 Å². The van der Waals surface area contributed by atoms with E-state index in [0.717, 1.165) is 0 Å². The summed E-state index contributed by atoms with van der Waals surface area (Å²) in [6.45, 7) is 1.56. The highest BCUT2D eigenvalue weighted by molar-refractivity contribution is 7.78. The SMILES string of the molecule is CC(=O)NC1c2cccccc3ssc3cc21. The van der Waals surface area contributed by atoms with Gasteiger partial charge in [0, 0.05) is 6.92 Å². The number of hydrogen-bond acceptors (Lipinski definition) is 3. The lowest BCUT2D eigenvalue weighted by molar-refractivity contribution is -0.119. The Kier molecular flexibility index (Phi) is 2.61. The monoisotopic (exact) mass is 261 g/mol. The van der Waals surface area contributed by atoms with Gasteiger partial charge in [0.15, 0.2) is 0 Å². The minimum absolute atomic E-state index is 0.0196. The molecule has 1 heterocycles. The first-order valence-corrected chi connectivity index (χ1v) is 7.53. The molecule has 1 aliphatic carbocycles. The number of carbonyl (C=O) groups excluding carboxylic acids is 1. The first-order valence-electron chi connectivity index (χ1n) is 5.38. The van der Waals surface area contributed by atoms with Gasteiger partial charge in [-0.2, -0.15) is 0 Å². The Balaban J connectivity index is 2.07. The van der Waals surface area contributed by atoms with Crippen LogP contribution in [-0.4, -0.2) is 5.91 Å². The molecule has 1 aromatic carbocycles. The molecular weight excluding hydrogens is 250 g/mol. The number of fused-ring (bicyclic) bond motifs is 2. The molecule has 0 radical (unpaired) electrons. The highest BCUT2D eigenvalue weighted by Gasteiger charge is 2.31. The zero-order chi connectivity index (χ0) is 11.8. The largest absolute Gasteiger partial charge is 0.345 e. The van der Waals surface area contributed by atoms with Crippen LogP contribution in [0.3, 0.4) is 0 Å². The Morgan fingerprint density at radius 1 is 1.12 bits per heavy atom. The van der Waals surface area contributed by atoms with E-state index in [-0.39, 0.29) is 11.9 Å². The second-order valence-corrected chi connectivity index (χ2v) is 6.21. The van der Waals surface area contributed by atoms with E-state index in [9.17, 15) is 4.79 Å². The third kappa shape index (κ3) is 2.06. The summed E-state index contributed by atoms with van der Waals surface area (Å²) in [6.07, 6.45) is 0. The first kappa shape index (κ1) is 10.7. The van der Waals surface area contributed by atoms with Crippen molar-refractivity contribution in [2.75, 3.05) is 0 Å². The molecule has 0 spiro atoms. The smallest absolute Gasteiger partial charge is 0.217 e. The zero-order valence-electron chi connectivity index (χ0n) is 9.27. The summed E-state index contributed by atoms with van der Waals surface area (Å²) in [7, 11) is 3.57. The predicted molar refractivity (Wildman–Crippen MR) is 73.0 cm³/mol. The van der Waals surface area contributed by atoms with Crippen molar-refractivity contribution in [1.82, 2.24) is 5.32 Å². The molecule has 86 valence electrons. The van der Waals surface area contributed by atoms with Crippen LogP contribution < -0.4 is 5.32 Å². The van der Waals surface area contributed by atoms with Crippen LogP contribution in [0.2, 0.25) is 0 Å². The maximum absolute atomic E-state index is 11.1. The van der Waals surface area contributed by atoms with Crippen molar-refractivity contribution in [1.29, 1.82) is 0 Å². The molecule has 0 saturated carbocycles. The van der Waals surface area contributed by atoms with Crippen molar-refractivity contribution in [3.63, 3.8) is 0 Å². The molecule has 0 bridgehead atoms. The molecule has 2 aromatic rings. The Morgan fingerprint density at radius 2 is 1.88 bits per heavy atom. The highest BCUT2D eigenvalue weighted by atomic mass is 32.9. The van der Waals surface area contributed by atoms with Gasteiger partial charge in [-0.3, -0.25) is 4.79 Å². The van der Waals surface area contributed by atoms with Gasteiger partial charge in [-0.25, -0.2) is 0 Å². The molecule has 1 amide bonds. The number of rotatable bonds is 1. The van der Waals surface area contributed by atoms with Crippen LogP contribution in [0.1, 0.15) is 24.1 Å². The van der Waals surface area contributed by atoms with Gasteiger partial charge in [0.2, 0.25) is 5.91 Å². The molecule has 0 aliphatic heterocycles. The van der Waals surface area contributed by atoms with Gasteiger partial charge in [0.05, 0.1) is 15.4 Å². The fourth-order valence-corrected chi connectivity index (χ4v) is 3.68. The molecule has 1 aliphatic rings. The molecule has 4 heteroatoms. The Bertz CT molecular complexity index is 640. The van der Waals surface area contributed by atoms with Crippen LogP contribution in [0.15, 0.2) is 36.4 Å². The van der Waals surface area contributed by atoms with E-state index in [2.05, 4.69) is 23.5 Å². The highest BCUT2D eigenvalue weighted by Crippen LogP contribution is 2.42. The van der Waals surface area contributed by atoms with Gasteiger partial charge >= 0.3 is 0 Å². The lowest BCUT2D eigenvalue weighted by atomic mass is 10.4. The van der Waals surface area contributed by atoms with Gasteiger partial charge in [-0.15, -0.1) is 0 Å². The normalized spacial score (nSPS) is 16.2. The van der Waals surface area contributed by atoms with E-state index in [1.807, 2.05) is 18.2 Å². The number of amides is 1. The summed E-state index contributed by atoms with van der Waals surface area (Å²) in [5, 5.41) is 2.95. The summed E-state index contributed by atoms with van der Waals surface area (Å²) >= 11 is 0. The first-order chi connectivity index (χ1) is 8.25. The molecular formula is C13H11NOS2. The summed E-state index contributed by atoms with van der Waals surface area (Å²) in [4.78, 5) is 11.1. The fourth-order valence-electron chi connectivity index (χ4n) is 1.82. The lowest BCUT2D eigenvalue weighted by Crippen LogP contribution is -2.17.